The molecule has 2 saturated carbocycles. The first kappa shape index (κ1) is 9.51. The van der Waals surface area contributed by atoms with Crippen LogP contribution in [0.2, 0.25) is 0 Å². The third-order valence-corrected chi connectivity index (χ3v) is 3.98. The Kier molecular flexibility index (Phi) is 2.92. The molecule has 0 aromatic heterocycles. The Morgan fingerprint density at radius 2 is 1.85 bits per heavy atom. The van der Waals surface area contributed by atoms with Crippen LogP contribution >= 0.6 is 0 Å². The van der Waals surface area contributed by atoms with Gasteiger partial charge in [-0.05, 0) is 43.9 Å². The summed E-state index contributed by atoms with van der Waals surface area (Å²) in [5, 5.41) is 3.81. The van der Waals surface area contributed by atoms with Crippen LogP contribution in [0.1, 0.15) is 52.4 Å². The van der Waals surface area contributed by atoms with Gasteiger partial charge in [-0.25, -0.2) is 0 Å². The molecule has 1 nitrogen and oxygen atoms in total. The highest BCUT2D eigenvalue weighted by Gasteiger charge is 2.31. The molecule has 0 bridgehead atoms. The SMILES string of the molecule is CCC1CC(NC2CCC(C)C2)C1. The number of hydrogen-bond acceptors (Lipinski definition) is 1. The Balaban J connectivity index is 1.64. The second kappa shape index (κ2) is 4.00. The Labute approximate surface area is 82.3 Å². The molecule has 0 amide bonds. The molecule has 0 aromatic rings. The molecule has 0 aliphatic heterocycles. The van der Waals surface area contributed by atoms with Crippen LogP contribution in [0.25, 0.3) is 0 Å². The summed E-state index contributed by atoms with van der Waals surface area (Å²) >= 11 is 0. The summed E-state index contributed by atoms with van der Waals surface area (Å²) in [4.78, 5) is 0. The first-order valence-corrected chi connectivity index (χ1v) is 6.04. The van der Waals surface area contributed by atoms with E-state index in [-0.39, 0.29) is 0 Å². The summed E-state index contributed by atoms with van der Waals surface area (Å²) < 4.78 is 0. The molecule has 76 valence electrons. The van der Waals surface area contributed by atoms with Crippen LogP contribution in [0.4, 0.5) is 0 Å². The summed E-state index contributed by atoms with van der Waals surface area (Å²) in [5.74, 6) is 2.01. The minimum absolute atomic E-state index is 0.859. The van der Waals surface area contributed by atoms with Gasteiger partial charge in [0.1, 0.15) is 0 Å². The largest absolute Gasteiger partial charge is 0.311 e. The lowest BCUT2D eigenvalue weighted by molar-refractivity contribution is 0.200. The Hall–Kier alpha value is -0.0400. The molecular formula is C12H23N. The number of nitrogens with one attached hydrogen (secondary N) is 1. The Morgan fingerprint density at radius 1 is 1.08 bits per heavy atom. The average Bonchev–Trinajstić information content (AvgIpc) is 2.43. The predicted molar refractivity (Wildman–Crippen MR) is 56.7 cm³/mol. The van der Waals surface area contributed by atoms with Gasteiger partial charge in [0, 0.05) is 12.1 Å². The molecule has 0 saturated heterocycles. The monoisotopic (exact) mass is 181 g/mol. The van der Waals surface area contributed by atoms with E-state index in [9.17, 15) is 0 Å². The van der Waals surface area contributed by atoms with Crippen molar-refractivity contribution in [3.8, 4) is 0 Å². The smallest absolute Gasteiger partial charge is 0.00749 e. The molecule has 0 heterocycles. The van der Waals surface area contributed by atoms with Crippen LogP contribution in [-0.2, 0) is 0 Å². The normalized spacial score (nSPS) is 44.8. The molecule has 1 N–H and O–H groups in total. The third-order valence-electron chi connectivity index (χ3n) is 3.98. The van der Waals surface area contributed by atoms with Gasteiger partial charge in [-0.2, -0.15) is 0 Å². The van der Waals surface area contributed by atoms with E-state index in [0.717, 1.165) is 23.9 Å². The molecule has 2 aliphatic rings. The van der Waals surface area contributed by atoms with Gasteiger partial charge >= 0.3 is 0 Å². The minimum atomic E-state index is 0.859. The van der Waals surface area contributed by atoms with Crippen molar-refractivity contribution >= 4 is 0 Å². The molecule has 13 heavy (non-hydrogen) atoms. The van der Waals surface area contributed by atoms with Gasteiger partial charge in [-0.15, -0.1) is 0 Å². The van der Waals surface area contributed by atoms with Crippen LogP contribution in [0.5, 0.6) is 0 Å². The summed E-state index contributed by atoms with van der Waals surface area (Å²) in [6.07, 6.45) is 8.57. The summed E-state index contributed by atoms with van der Waals surface area (Å²) in [6.45, 7) is 4.70. The van der Waals surface area contributed by atoms with Gasteiger partial charge in [-0.3, -0.25) is 0 Å². The third kappa shape index (κ3) is 2.25. The molecule has 2 unspecified atom stereocenters. The van der Waals surface area contributed by atoms with E-state index in [1.54, 1.807) is 0 Å². The van der Waals surface area contributed by atoms with E-state index in [4.69, 9.17) is 0 Å². The van der Waals surface area contributed by atoms with E-state index >= 15 is 0 Å². The highest BCUT2D eigenvalue weighted by Crippen LogP contribution is 2.32. The first-order valence-electron chi connectivity index (χ1n) is 6.04. The summed E-state index contributed by atoms with van der Waals surface area (Å²) in [6, 6.07) is 1.73. The maximum atomic E-state index is 3.81. The Morgan fingerprint density at radius 3 is 2.38 bits per heavy atom. The van der Waals surface area contributed by atoms with Crippen LogP contribution in [-0.4, -0.2) is 12.1 Å². The van der Waals surface area contributed by atoms with Crippen LogP contribution < -0.4 is 5.32 Å². The van der Waals surface area contributed by atoms with Crippen molar-refractivity contribution in [2.45, 2.75) is 64.5 Å². The molecule has 2 fully saturated rings. The highest BCUT2D eigenvalue weighted by atomic mass is 15.0. The molecule has 2 rings (SSSR count). The van der Waals surface area contributed by atoms with Crippen molar-refractivity contribution in [3.05, 3.63) is 0 Å². The highest BCUT2D eigenvalue weighted by molar-refractivity contribution is 4.89. The van der Waals surface area contributed by atoms with E-state index in [2.05, 4.69) is 19.2 Å². The summed E-state index contributed by atoms with van der Waals surface area (Å²) in [7, 11) is 0. The van der Waals surface area contributed by atoms with Crippen LogP contribution in [0, 0.1) is 11.8 Å². The van der Waals surface area contributed by atoms with Crippen molar-refractivity contribution in [2.75, 3.05) is 0 Å². The molecule has 1 heteroatoms. The van der Waals surface area contributed by atoms with Gasteiger partial charge in [0.2, 0.25) is 0 Å². The fraction of sp³-hybridized carbons (Fsp3) is 1.00. The quantitative estimate of drug-likeness (QED) is 0.706. The molecule has 0 aromatic carbocycles. The maximum absolute atomic E-state index is 3.81. The fourth-order valence-corrected chi connectivity index (χ4v) is 2.90. The van der Waals surface area contributed by atoms with Gasteiger partial charge in [0.05, 0.1) is 0 Å². The zero-order valence-corrected chi connectivity index (χ0v) is 9.05. The Bertz CT molecular complexity index is 161. The lowest BCUT2D eigenvalue weighted by Crippen LogP contribution is -2.45. The van der Waals surface area contributed by atoms with Crippen molar-refractivity contribution in [1.82, 2.24) is 5.32 Å². The molecule has 0 radical (unpaired) electrons. The van der Waals surface area contributed by atoms with Gasteiger partial charge in [0.25, 0.3) is 0 Å². The second-order valence-electron chi connectivity index (χ2n) is 5.22. The zero-order chi connectivity index (χ0) is 9.26. The van der Waals surface area contributed by atoms with Gasteiger partial charge in [-0.1, -0.05) is 20.3 Å². The first-order chi connectivity index (χ1) is 6.28. The fourth-order valence-electron chi connectivity index (χ4n) is 2.90. The van der Waals surface area contributed by atoms with Gasteiger partial charge in [0.15, 0.2) is 0 Å². The van der Waals surface area contributed by atoms with Gasteiger partial charge < -0.3 is 5.32 Å². The van der Waals surface area contributed by atoms with Crippen molar-refractivity contribution in [2.24, 2.45) is 11.8 Å². The standard InChI is InChI=1S/C12H23N/c1-3-10-7-12(8-10)13-11-5-4-9(2)6-11/h9-13H,3-8H2,1-2H3. The molecule has 0 spiro atoms. The van der Waals surface area contributed by atoms with E-state index < -0.39 is 0 Å². The topological polar surface area (TPSA) is 12.0 Å². The van der Waals surface area contributed by atoms with Crippen molar-refractivity contribution in [3.63, 3.8) is 0 Å². The van der Waals surface area contributed by atoms with E-state index in [1.807, 2.05) is 0 Å². The maximum Gasteiger partial charge on any atom is 0.00749 e. The lowest BCUT2D eigenvalue weighted by Gasteiger charge is -2.37. The second-order valence-corrected chi connectivity index (χ2v) is 5.22. The predicted octanol–water partition coefficient (Wildman–Crippen LogP) is 2.95. The number of rotatable bonds is 3. The van der Waals surface area contributed by atoms with Crippen LogP contribution in [0.15, 0.2) is 0 Å². The zero-order valence-electron chi connectivity index (χ0n) is 9.05. The average molecular weight is 181 g/mol. The van der Waals surface area contributed by atoms with E-state index in [1.165, 1.54) is 38.5 Å². The molecule has 2 atom stereocenters. The molecular weight excluding hydrogens is 158 g/mol. The summed E-state index contributed by atoms with van der Waals surface area (Å²) in [5.41, 5.74) is 0. The number of hydrogen-bond donors (Lipinski definition) is 1. The van der Waals surface area contributed by atoms with Crippen molar-refractivity contribution in [1.29, 1.82) is 0 Å². The molecule has 2 aliphatic carbocycles. The minimum Gasteiger partial charge on any atom is -0.311 e. The van der Waals surface area contributed by atoms with Crippen molar-refractivity contribution < 1.29 is 0 Å². The lowest BCUT2D eigenvalue weighted by atomic mass is 9.78. The van der Waals surface area contributed by atoms with Crippen LogP contribution in [0.3, 0.4) is 0 Å². The van der Waals surface area contributed by atoms with E-state index in [0.29, 0.717) is 0 Å².